The molecule has 1 N–H and O–H groups in total. The number of hydrogen-bond donors (Lipinski definition) is 1. The minimum Gasteiger partial charge on any atom is -0.392 e. The monoisotopic (exact) mass is 267 g/mol. The number of aromatic nitrogens is 1. The molecule has 0 aliphatic heterocycles. The fourth-order valence-electron chi connectivity index (χ4n) is 2.83. The predicted octanol–water partition coefficient (Wildman–Crippen LogP) is 4.00. The maximum Gasteiger partial charge on any atom is 0.0622 e. The van der Waals surface area contributed by atoms with Gasteiger partial charge in [0.1, 0.15) is 0 Å². The SMILES string of the molecule is OC(Cc1ccncc1Cl)C1CCCCCCC1. The Hall–Kier alpha value is -0.600. The fraction of sp³-hybridized carbons (Fsp3) is 0.667. The number of halogens is 1. The highest BCUT2D eigenvalue weighted by Gasteiger charge is 2.21. The second-order valence-electron chi connectivity index (χ2n) is 5.34. The zero-order chi connectivity index (χ0) is 12.8. The van der Waals surface area contributed by atoms with Gasteiger partial charge in [-0.3, -0.25) is 4.98 Å². The third-order valence-electron chi connectivity index (χ3n) is 3.98. The van der Waals surface area contributed by atoms with Crippen LogP contribution in [0.15, 0.2) is 18.5 Å². The summed E-state index contributed by atoms with van der Waals surface area (Å²) in [7, 11) is 0. The first-order valence-corrected chi connectivity index (χ1v) is 7.41. The minimum atomic E-state index is -0.261. The van der Waals surface area contributed by atoms with E-state index in [1.165, 1.54) is 32.1 Å². The van der Waals surface area contributed by atoms with Gasteiger partial charge in [-0.2, -0.15) is 0 Å². The molecule has 1 heterocycles. The number of aliphatic hydroxyl groups is 1. The third kappa shape index (κ3) is 3.96. The molecule has 2 nitrogen and oxygen atoms in total. The zero-order valence-electron chi connectivity index (χ0n) is 10.8. The van der Waals surface area contributed by atoms with Crippen molar-refractivity contribution in [3.8, 4) is 0 Å². The number of hydrogen-bond acceptors (Lipinski definition) is 2. The Labute approximate surface area is 114 Å². The van der Waals surface area contributed by atoms with Gasteiger partial charge in [0, 0.05) is 18.8 Å². The first-order valence-electron chi connectivity index (χ1n) is 7.04. The van der Waals surface area contributed by atoms with E-state index in [0.29, 0.717) is 17.4 Å². The highest BCUT2D eigenvalue weighted by molar-refractivity contribution is 6.31. The normalized spacial score (nSPS) is 20.1. The maximum atomic E-state index is 10.4. The van der Waals surface area contributed by atoms with Crippen LogP contribution in [0.4, 0.5) is 0 Å². The Balaban J connectivity index is 1.93. The van der Waals surface area contributed by atoms with Crippen LogP contribution in [0.2, 0.25) is 5.02 Å². The van der Waals surface area contributed by atoms with Crippen molar-refractivity contribution in [3.63, 3.8) is 0 Å². The molecule has 1 aliphatic rings. The van der Waals surface area contributed by atoms with E-state index in [1.54, 1.807) is 12.4 Å². The Bertz CT molecular complexity index is 361. The summed E-state index contributed by atoms with van der Waals surface area (Å²) in [4.78, 5) is 3.98. The van der Waals surface area contributed by atoms with Gasteiger partial charge in [0.2, 0.25) is 0 Å². The minimum absolute atomic E-state index is 0.261. The van der Waals surface area contributed by atoms with Gasteiger partial charge in [-0.25, -0.2) is 0 Å². The van der Waals surface area contributed by atoms with E-state index in [9.17, 15) is 5.11 Å². The number of rotatable bonds is 3. The molecule has 1 unspecified atom stereocenters. The lowest BCUT2D eigenvalue weighted by Crippen LogP contribution is -2.24. The van der Waals surface area contributed by atoms with E-state index < -0.39 is 0 Å². The highest BCUT2D eigenvalue weighted by Crippen LogP contribution is 2.27. The standard InChI is InChI=1S/C15H22ClNO/c16-14-11-17-9-8-13(14)10-15(18)12-6-4-2-1-3-5-7-12/h8-9,11-12,15,18H,1-7,10H2. The molecule has 1 atom stereocenters. The summed E-state index contributed by atoms with van der Waals surface area (Å²) in [5.41, 5.74) is 1.02. The van der Waals surface area contributed by atoms with E-state index in [4.69, 9.17) is 11.6 Å². The second kappa shape index (κ2) is 7.10. The van der Waals surface area contributed by atoms with Crippen LogP contribution in [-0.4, -0.2) is 16.2 Å². The Morgan fingerprint density at radius 1 is 1.22 bits per heavy atom. The van der Waals surface area contributed by atoms with Crippen LogP contribution >= 0.6 is 11.6 Å². The molecular weight excluding hydrogens is 246 g/mol. The van der Waals surface area contributed by atoms with Crippen molar-refractivity contribution in [3.05, 3.63) is 29.0 Å². The molecule has 1 aromatic heterocycles. The Morgan fingerprint density at radius 2 is 1.89 bits per heavy atom. The van der Waals surface area contributed by atoms with E-state index in [0.717, 1.165) is 18.4 Å². The van der Waals surface area contributed by atoms with E-state index in [-0.39, 0.29) is 6.10 Å². The van der Waals surface area contributed by atoms with Crippen LogP contribution in [-0.2, 0) is 6.42 Å². The van der Waals surface area contributed by atoms with E-state index in [2.05, 4.69) is 4.98 Å². The molecule has 100 valence electrons. The summed E-state index contributed by atoms with van der Waals surface area (Å²) in [6, 6.07) is 1.91. The first-order chi connectivity index (χ1) is 8.77. The highest BCUT2D eigenvalue weighted by atomic mass is 35.5. The van der Waals surface area contributed by atoms with E-state index >= 15 is 0 Å². The molecule has 0 aromatic carbocycles. The smallest absolute Gasteiger partial charge is 0.0622 e. The lowest BCUT2D eigenvalue weighted by molar-refractivity contribution is 0.0913. The molecule has 0 radical (unpaired) electrons. The molecule has 0 bridgehead atoms. The third-order valence-corrected chi connectivity index (χ3v) is 4.32. The van der Waals surface area contributed by atoms with Gasteiger partial charge in [0.05, 0.1) is 11.1 Å². The van der Waals surface area contributed by atoms with Crippen molar-refractivity contribution in [2.24, 2.45) is 5.92 Å². The van der Waals surface area contributed by atoms with Crippen molar-refractivity contribution in [2.75, 3.05) is 0 Å². The summed E-state index contributed by atoms with van der Waals surface area (Å²) >= 11 is 6.09. The average molecular weight is 268 g/mol. The van der Waals surface area contributed by atoms with Gasteiger partial charge >= 0.3 is 0 Å². The molecule has 0 saturated heterocycles. The van der Waals surface area contributed by atoms with Crippen molar-refractivity contribution in [2.45, 2.75) is 57.5 Å². The molecule has 0 spiro atoms. The van der Waals surface area contributed by atoms with Gasteiger partial charge < -0.3 is 5.11 Å². The Kier molecular flexibility index (Phi) is 5.45. The fourth-order valence-corrected chi connectivity index (χ4v) is 3.03. The number of nitrogens with zero attached hydrogens (tertiary/aromatic N) is 1. The molecular formula is C15H22ClNO. The van der Waals surface area contributed by atoms with Gasteiger partial charge in [-0.05, 0) is 30.4 Å². The molecule has 2 rings (SSSR count). The quantitative estimate of drug-likeness (QED) is 0.898. The maximum absolute atomic E-state index is 10.4. The molecule has 18 heavy (non-hydrogen) atoms. The Morgan fingerprint density at radius 3 is 2.56 bits per heavy atom. The first kappa shape index (κ1) is 13.8. The van der Waals surface area contributed by atoms with Crippen molar-refractivity contribution >= 4 is 11.6 Å². The molecule has 1 fully saturated rings. The summed E-state index contributed by atoms with van der Waals surface area (Å²) in [5, 5.41) is 11.1. The lowest BCUT2D eigenvalue weighted by atomic mass is 9.85. The zero-order valence-corrected chi connectivity index (χ0v) is 11.6. The van der Waals surface area contributed by atoms with Crippen LogP contribution < -0.4 is 0 Å². The van der Waals surface area contributed by atoms with Gasteiger partial charge in [0.15, 0.2) is 0 Å². The van der Waals surface area contributed by atoms with Crippen LogP contribution in [0.3, 0.4) is 0 Å². The molecule has 1 aromatic rings. The van der Waals surface area contributed by atoms with Crippen LogP contribution in [0.25, 0.3) is 0 Å². The van der Waals surface area contributed by atoms with Crippen molar-refractivity contribution in [1.82, 2.24) is 4.98 Å². The van der Waals surface area contributed by atoms with Crippen LogP contribution in [0.5, 0.6) is 0 Å². The second-order valence-corrected chi connectivity index (χ2v) is 5.75. The van der Waals surface area contributed by atoms with Crippen LogP contribution in [0, 0.1) is 5.92 Å². The lowest BCUT2D eigenvalue weighted by Gasteiger charge is -2.25. The largest absolute Gasteiger partial charge is 0.392 e. The van der Waals surface area contributed by atoms with Crippen molar-refractivity contribution in [1.29, 1.82) is 0 Å². The summed E-state index contributed by atoms with van der Waals surface area (Å²) in [6.45, 7) is 0. The molecule has 3 heteroatoms. The topological polar surface area (TPSA) is 33.1 Å². The summed E-state index contributed by atoms with van der Waals surface area (Å²) in [5.74, 6) is 0.439. The van der Waals surface area contributed by atoms with Crippen LogP contribution in [0.1, 0.15) is 50.5 Å². The van der Waals surface area contributed by atoms with E-state index in [1.807, 2.05) is 6.07 Å². The van der Waals surface area contributed by atoms with Gasteiger partial charge in [-0.15, -0.1) is 0 Å². The number of aliphatic hydroxyl groups excluding tert-OH is 1. The van der Waals surface area contributed by atoms with Gasteiger partial charge in [0.25, 0.3) is 0 Å². The molecule has 0 amide bonds. The molecule has 1 aliphatic carbocycles. The summed E-state index contributed by atoms with van der Waals surface area (Å²) in [6.07, 6.45) is 12.6. The summed E-state index contributed by atoms with van der Waals surface area (Å²) < 4.78 is 0. The van der Waals surface area contributed by atoms with Gasteiger partial charge in [-0.1, -0.05) is 43.7 Å². The average Bonchev–Trinajstić information content (AvgIpc) is 2.31. The molecule has 1 saturated carbocycles. The predicted molar refractivity (Wildman–Crippen MR) is 74.8 cm³/mol. The number of pyridine rings is 1. The van der Waals surface area contributed by atoms with Crippen molar-refractivity contribution < 1.29 is 5.11 Å².